The molecule has 0 amide bonds. The lowest BCUT2D eigenvalue weighted by atomic mass is 10.1. The molecule has 4 heteroatoms. The third kappa shape index (κ3) is 2.03. The van der Waals surface area contributed by atoms with Crippen molar-refractivity contribution in [2.45, 2.75) is 19.8 Å². The summed E-state index contributed by atoms with van der Waals surface area (Å²) in [5.41, 5.74) is 1.25. The van der Waals surface area contributed by atoms with Crippen molar-refractivity contribution in [2.75, 3.05) is 17.7 Å². The molecule has 0 unspecified atom stereocenters. The van der Waals surface area contributed by atoms with Crippen LogP contribution in [0.5, 0.6) is 0 Å². The maximum Gasteiger partial charge on any atom is 0.156 e. The van der Waals surface area contributed by atoms with Crippen molar-refractivity contribution >= 4 is 28.2 Å². The van der Waals surface area contributed by atoms with Gasteiger partial charge in [-0.1, -0.05) is 24.3 Å². The molecule has 0 spiro atoms. The number of benzene rings is 1. The lowest BCUT2D eigenvalue weighted by molar-refractivity contribution is 0.617. The first-order valence-corrected chi connectivity index (χ1v) is 6.79. The van der Waals surface area contributed by atoms with Crippen LogP contribution in [0.2, 0.25) is 0 Å². The summed E-state index contributed by atoms with van der Waals surface area (Å²) in [6.07, 6.45) is 2.42. The van der Waals surface area contributed by atoms with E-state index in [-0.39, 0.29) is 5.41 Å². The minimum Gasteiger partial charge on any atom is -0.367 e. The van der Waals surface area contributed by atoms with Gasteiger partial charge in [-0.25, -0.2) is 0 Å². The highest BCUT2D eigenvalue weighted by atomic mass is 35.5. The van der Waals surface area contributed by atoms with Crippen LogP contribution >= 0.6 is 11.6 Å². The van der Waals surface area contributed by atoms with Crippen molar-refractivity contribution in [3.05, 3.63) is 30.0 Å². The molecule has 0 saturated heterocycles. The number of fused-ring (bicyclic) bond motifs is 1. The SMILES string of the molecule is Cc1nnc(NCC2(CCl)CC2)c2ccccc12. The Hall–Kier alpha value is -1.35. The molecule has 1 aliphatic rings. The summed E-state index contributed by atoms with van der Waals surface area (Å²) in [5.74, 6) is 1.59. The molecule has 1 saturated carbocycles. The highest BCUT2D eigenvalue weighted by molar-refractivity contribution is 6.18. The molecule has 94 valence electrons. The number of hydrogen-bond donors (Lipinski definition) is 1. The van der Waals surface area contributed by atoms with Crippen molar-refractivity contribution in [3.8, 4) is 0 Å². The number of alkyl halides is 1. The van der Waals surface area contributed by atoms with Gasteiger partial charge in [-0.2, -0.15) is 5.10 Å². The zero-order valence-electron chi connectivity index (χ0n) is 10.4. The van der Waals surface area contributed by atoms with Gasteiger partial charge in [0.25, 0.3) is 0 Å². The van der Waals surface area contributed by atoms with E-state index in [1.165, 1.54) is 12.8 Å². The Labute approximate surface area is 112 Å². The van der Waals surface area contributed by atoms with Crippen LogP contribution in [0.1, 0.15) is 18.5 Å². The third-order valence-corrected chi connectivity index (χ3v) is 4.31. The molecule has 1 N–H and O–H groups in total. The fraction of sp³-hybridized carbons (Fsp3) is 0.429. The second-order valence-electron chi connectivity index (χ2n) is 5.17. The fourth-order valence-electron chi connectivity index (χ4n) is 2.17. The summed E-state index contributed by atoms with van der Waals surface area (Å²) in [4.78, 5) is 0. The molecule has 0 bridgehead atoms. The number of nitrogens with one attached hydrogen (secondary N) is 1. The van der Waals surface area contributed by atoms with Gasteiger partial charge in [-0.15, -0.1) is 16.7 Å². The van der Waals surface area contributed by atoms with Gasteiger partial charge >= 0.3 is 0 Å². The van der Waals surface area contributed by atoms with Gasteiger partial charge in [0.2, 0.25) is 0 Å². The largest absolute Gasteiger partial charge is 0.367 e. The summed E-state index contributed by atoms with van der Waals surface area (Å²) in [7, 11) is 0. The Morgan fingerprint density at radius 1 is 1.22 bits per heavy atom. The van der Waals surface area contributed by atoms with Crippen LogP contribution in [0.15, 0.2) is 24.3 Å². The average Bonchev–Trinajstić information content (AvgIpc) is 3.19. The number of aryl methyl sites for hydroxylation is 1. The fourth-order valence-corrected chi connectivity index (χ4v) is 2.54. The Balaban J connectivity index is 1.90. The van der Waals surface area contributed by atoms with Gasteiger partial charge in [0.05, 0.1) is 5.69 Å². The first kappa shape index (κ1) is 11.7. The lowest BCUT2D eigenvalue weighted by Crippen LogP contribution is -2.18. The minimum atomic E-state index is 0.287. The highest BCUT2D eigenvalue weighted by Crippen LogP contribution is 2.46. The predicted molar refractivity (Wildman–Crippen MR) is 75.2 cm³/mol. The minimum absolute atomic E-state index is 0.287. The van der Waals surface area contributed by atoms with Gasteiger partial charge in [-0.05, 0) is 19.8 Å². The first-order chi connectivity index (χ1) is 8.74. The van der Waals surface area contributed by atoms with Crippen molar-refractivity contribution in [2.24, 2.45) is 5.41 Å². The van der Waals surface area contributed by atoms with E-state index < -0.39 is 0 Å². The summed E-state index contributed by atoms with van der Waals surface area (Å²) >= 11 is 5.99. The third-order valence-electron chi connectivity index (χ3n) is 3.74. The Morgan fingerprint density at radius 2 is 1.94 bits per heavy atom. The molecule has 3 nitrogen and oxygen atoms in total. The predicted octanol–water partition coefficient (Wildman–Crippen LogP) is 3.37. The molecule has 2 aromatic rings. The van der Waals surface area contributed by atoms with Crippen LogP contribution in [0.25, 0.3) is 10.8 Å². The number of rotatable bonds is 4. The number of hydrogen-bond acceptors (Lipinski definition) is 3. The molecular formula is C14H16ClN3. The van der Waals surface area contributed by atoms with E-state index in [1.54, 1.807) is 0 Å². The van der Waals surface area contributed by atoms with Gasteiger partial charge in [-0.3, -0.25) is 0 Å². The van der Waals surface area contributed by atoms with Gasteiger partial charge < -0.3 is 5.32 Å². The zero-order valence-corrected chi connectivity index (χ0v) is 11.2. The van der Waals surface area contributed by atoms with Crippen molar-refractivity contribution in [1.29, 1.82) is 0 Å². The number of halogens is 1. The van der Waals surface area contributed by atoms with E-state index in [9.17, 15) is 0 Å². The molecule has 0 aliphatic heterocycles. The van der Waals surface area contributed by atoms with E-state index in [0.29, 0.717) is 0 Å². The van der Waals surface area contributed by atoms with Gasteiger partial charge in [0.1, 0.15) is 0 Å². The Bertz CT molecular complexity index is 578. The quantitative estimate of drug-likeness (QED) is 0.858. The van der Waals surface area contributed by atoms with Crippen molar-refractivity contribution in [1.82, 2.24) is 10.2 Å². The Morgan fingerprint density at radius 3 is 2.61 bits per heavy atom. The van der Waals surface area contributed by atoms with Crippen molar-refractivity contribution in [3.63, 3.8) is 0 Å². The topological polar surface area (TPSA) is 37.8 Å². The van der Waals surface area contributed by atoms with Crippen LogP contribution < -0.4 is 5.32 Å². The molecule has 18 heavy (non-hydrogen) atoms. The second kappa shape index (κ2) is 4.39. The standard InChI is InChI=1S/C14H16ClN3/c1-10-11-4-2-3-5-12(11)13(18-17-10)16-9-14(8-15)6-7-14/h2-5H,6-9H2,1H3,(H,16,18). The molecule has 0 radical (unpaired) electrons. The van der Waals surface area contributed by atoms with Gasteiger partial charge in [0, 0.05) is 28.6 Å². The van der Waals surface area contributed by atoms with Gasteiger partial charge in [0.15, 0.2) is 5.82 Å². The smallest absolute Gasteiger partial charge is 0.156 e. The molecule has 3 rings (SSSR count). The highest BCUT2D eigenvalue weighted by Gasteiger charge is 2.41. The maximum absolute atomic E-state index is 5.99. The second-order valence-corrected chi connectivity index (χ2v) is 5.43. The number of nitrogens with zero attached hydrogens (tertiary/aromatic N) is 2. The van der Waals surface area contributed by atoms with Crippen molar-refractivity contribution < 1.29 is 0 Å². The van der Waals surface area contributed by atoms with Crippen LogP contribution in [0, 0.1) is 12.3 Å². The zero-order chi connectivity index (χ0) is 12.6. The average molecular weight is 262 g/mol. The summed E-state index contributed by atoms with van der Waals surface area (Å²) in [6, 6.07) is 8.23. The first-order valence-electron chi connectivity index (χ1n) is 6.26. The lowest BCUT2D eigenvalue weighted by Gasteiger charge is -2.14. The number of anilines is 1. The van der Waals surface area contributed by atoms with Crippen LogP contribution in [-0.2, 0) is 0 Å². The van der Waals surface area contributed by atoms with E-state index in [4.69, 9.17) is 11.6 Å². The van der Waals surface area contributed by atoms with Crippen LogP contribution in [-0.4, -0.2) is 22.6 Å². The molecule has 1 fully saturated rings. The molecule has 0 atom stereocenters. The van der Waals surface area contributed by atoms with E-state index >= 15 is 0 Å². The molecule has 1 aromatic heterocycles. The normalized spacial score (nSPS) is 16.8. The summed E-state index contributed by atoms with van der Waals surface area (Å²) < 4.78 is 0. The summed E-state index contributed by atoms with van der Waals surface area (Å²) in [6.45, 7) is 2.87. The molecule has 1 aliphatic carbocycles. The monoisotopic (exact) mass is 261 g/mol. The van der Waals surface area contributed by atoms with E-state index in [0.717, 1.165) is 34.7 Å². The molecule has 1 heterocycles. The Kier molecular flexibility index (Phi) is 2.86. The molecule has 1 aromatic carbocycles. The van der Waals surface area contributed by atoms with Crippen LogP contribution in [0.4, 0.5) is 5.82 Å². The maximum atomic E-state index is 5.99. The summed E-state index contributed by atoms with van der Waals surface area (Å²) in [5, 5.41) is 14.2. The van der Waals surface area contributed by atoms with E-state index in [2.05, 4.69) is 27.6 Å². The van der Waals surface area contributed by atoms with E-state index in [1.807, 2.05) is 19.1 Å². The number of aromatic nitrogens is 2. The molecular weight excluding hydrogens is 246 g/mol. The van der Waals surface area contributed by atoms with Crippen LogP contribution in [0.3, 0.4) is 0 Å².